The minimum atomic E-state index is -4.27. The van der Waals surface area contributed by atoms with Gasteiger partial charge in [0.2, 0.25) is 0 Å². The third-order valence-corrected chi connectivity index (χ3v) is 6.82. The van der Waals surface area contributed by atoms with E-state index in [1.54, 1.807) is 12.1 Å². The van der Waals surface area contributed by atoms with Gasteiger partial charge in [0, 0.05) is 0 Å². The molecule has 6 nitrogen and oxygen atoms in total. The molecule has 0 aliphatic carbocycles. The summed E-state index contributed by atoms with van der Waals surface area (Å²) >= 11 is 0. The fraction of sp³-hybridized carbons (Fsp3) is 0.458. The zero-order chi connectivity index (χ0) is 23.1. The van der Waals surface area contributed by atoms with E-state index < -0.39 is 15.5 Å². The maximum atomic E-state index is 12.7. The van der Waals surface area contributed by atoms with Gasteiger partial charge >= 0.3 is 5.97 Å². The Balaban J connectivity index is 2.35. The van der Waals surface area contributed by atoms with Gasteiger partial charge in [-0.2, -0.15) is 8.42 Å². The molecule has 0 aliphatic heterocycles. The maximum Gasteiger partial charge on any atom is 0.311 e. The number of aliphatic hydroxyl groups is 1. The van der Waals surface area contributed by atoms with E-state index in [-0.39, 0.29) is 35.9 Å². The first-order chi connectivity index (χ1) is 14.6. The Morgan fingerprint density at radius 1 is 1.06 bits per heavy atom. The topological polar surface area (TPSA) is 101 Å². The van der Waals surface area contributed by atoms with Crippen LogP contribution in [0.2, 0.25) is 0 Å². The van der Waals surface area contributed by atoms with Crippen LogP contribution in [0.3, 0.4) is 0 Å². The molecule has 2 aromatic carbocycles. The number of esters is 1. The summed E-state index contributed by atoms with van der Waals surface area (Å²) in [6.45, 7) is 5.65. The lowest BCUT2D eigenvalue weighted by Gasteiger charge is -2.32. The second-order valence-electron chi connectivity index (χ2n) is 8.27. The largest absolute Gasteiger partial charge is 0.463 e. The van der Waals surface area contributed by atoms with Crippen molar-refractivity contribution in [2.45, 2.75) is 56.8 Å². The number of carbonyl (C=O) groups is 1. The van der Waals surface area contributed by atoms with Gasteiger partial charge in [-0.1, -0.05) is 56.3 Å². The molecule has 0 spiro atoms. The molecule has 0 saturated heterocycles. The maximum absolute atomic E-state index is 12.7. The molecule has 31 heavy (non-hydrogen) atoms. The average molecular weight is 449 g/mol. The highest BCUT2D eigenvalue weighted by molar-refractivity contribution is 7.85. The molecule has 2 N–H and O–H groups in total. The summed E-state index contributed by atoms with van der Waals surface area (Å²) < 4.78 is 37.4. The molecule has 0 amide bonds. The van der Waals surface area contributed by atoms with Crippen LogP contribution < -0.4 is 0 Å². The summed E-state index contributed by atoms with van der Waals surface area (Å²) in [5.74, 6) is -0.185. The molecule has 0 radical (unpaired) electrons. The standard InChI is InChI=1S/C24H32O6S/c1-4-24(3,23(26)30-15-14-25)17-21(16-18(2)19-8-6-5-7-9-19)20-10-12-22(13-11-20)31(27,28)29/h5-13,18,21,25H,4,14-17H2,1-3H3,(H,27,28,29). The predicted octanol–water partition coefficient (Wildman–Crippen LogP) is 4.55. The minimum absolute atomic E-state index is 0.0391. The molecular formula is C24H32O6S. The number of hydrogen-bond donors (Lipinski definition) is 2. The van der Waals surface area contributed by atoms with Crippen molar-refractivity contribution in [2.75, 3.05) is 13.2 Å². The summed E-state index contributed by atoms with van der Waals surface area (Å²) in [5, 5.41) is 9.00. The van der Waals surface area contributed by atoms with Crippen LogP contribution in [0.4, 0.5) is 0 Å². The van der Waals surface area contributed by atoms with Crippen LogP contribution in [-0.2, 0) is 19.6 Å². The number of carbonyl (C=O) groups excluding carboxylic acids is 1. The van der Waals surface area contributed by atoms with Crippen LogP contribution in [-0.4, -0.2) is 37.3 Å². The number of aliphatic hydroxyl groups excluding tert-OH is 1. The molecule has 2 rings (SSSR count). The fourth-order valence-corrected chi connectivity index (χ4v) is 4.30. The normalized spacial score (nSPS) is 15.6. The van der Waals surface area contributed by atoms with Crippen LogP contribution in [0.15, 0.2) is 59.5 Å². The quantitative estimate of drug-likeness (QED) is 0.386. The van der Waals surface area contributed by atoms with Gasteiger partial charge < -0.3 is 9.84 Å². The Morgan fingerprint density at radius 3 is 2.19 bits per heavy atom. The molecule has 0 saturated carbocycles. The highest BCUT2D eigenvalue weighted by Gasteiger charge is 2.36. The van der Waals surface area contributed by atoms with Crippen LogP contribution in [0.1, 0.15) is 63.0 Å². The third kappa shape index (κ3) is 6.89. The monoisotopic (exact) mass is 448 g/mol. The van der Waals surface area contributed by atoms with E-state index in [0.29, 0.717) is 12.8 Å². The molecule has 3 atom stereocenters. The van der Waals surface area contributed by atoms with E-state index in [9.17, 15) is 17.8 Å². The van der Waals surface area contributed by atoms with Gasteiger partial charge in [-0.3, -0.25) is 9.35 Å². The van der Waals surface area contributed by atoms with E-state index in [0.717, 1.165) is 12.0 Å². The number of benzene rings is 2. The van der Waals surface area contributed by atoms with Crippen molar-refractivity contribution in [3.8, 4) is 0 Å². The molecule has 170 valence electrons. The molecule has 0 heterocycles. The van der Waals surface area contributed by atoms with E-state index in [2.05, 4.69) is 19.1 Å². The average Bonchev–Trinajstić information content (AvgIpc) is 2.76. The highest BCUT2D eigenvalue weighted by atomic mass is 32.2. The zero-order valence-electron chi connectivity index (χ0n) is 18.3. The van der Waals surface area contributed by atoms with Crippen molar-refractivity contribution in [3.05, 3.63) is 65.7 Å². The highest BCUT2D eigenvalue weighted by Crippen LogP contribution is 2.41. The smallest absolute Gasteiger partial charge is 0.311 e. The number of ether oxygens (including phenoxy) is 1. The second kappa shape index (κ2) is 10.9. The van der Waals surface area contributed by atoms with Crippen molar-refractivity contribution >= 4 is 16.1 Å². The van der Waals surface area contributed by atoms with Crippen LogP contribution in [0.25, 0.3) is 0 Å². The first-order valence-corrected chi connectivity index (χ1v) is 11.9. The van der Waals surface area contributed by atoms with Crippen molar-refractivity contribution in [1.29, 1.82) is 0 Å². The first-order valence-electron chi connectivity index (χ1n) is 10.5. The minimum Gasteiger partial charge on any atom is -0.463 e. The summed E-state index contributed by atoms with van der Waals surface area (Å²) in [6, 6.07) is 16.2. The van der Waals surface area contributed by atoms with E-state index in [1.807, 2.05) is 32.0 Å². The third-order valence-electron chi connectivity index (χ3n) is 5.95. The van der Waals surface area contributed by atoms with Gasteiger partial charge in [-0.25, -0.2) is 0 Å². The molecule has 7 heteroatoms. The lowest BCUT2D eigenvalue weighted by Crippen LogP contribution is -2.32. The van der Waals surface area contributed by atoms with E-state index >= 15 is 0 Å². The Labute approximate surface area is 185 Å². The van der Waals surface area contributed by atoms with Gasteiger partial charge in [0.25, 0.3) is 10.1 Å². The SMILES string of the molecule is CCC(C)(CC(CC(C)c1ccccc1)c1ccc(S(=O)(=O)O)cc1)C(=O)OCCO. The summed E-state index contributed by atoms with van der Waals surface area (Å²) in [4.78, 5) is 12.6. The fourth-order valence-electron chi connectivity index (χ4n) is 3.82. The number of hydrogen-bond acceptors (Lipinski definition) is 5. The van der Waals surface area contributed by atoms with Crippen molar-refractivity contribution in [3.63, 3.8) is 0 Å². The van der Waals surface area contributed by atoms with E-state index in [1.165, 1.54) is 17.7 Å². The molecular weight excluding hydrogens is 416 g/mol. The first kappa shape index (κ1) is 25.0. The van der Waals surface area contributed by atoms with Gasteiger partial charge in [0.1, 0.15) is 6.61 Å². The van der Waals surface area contributed by atoms with Crippen LogP contribution in [0.5, 0.6) is 0 Å². The Bertz CT molecular complexity index is 940. The van der Waals surface area contributed by atoms with Crippen LogP contribution >= 0.6 is 0 Å². The molecule has 0 aromatic heterocycles. The molecule has 3 unspecified atom stereocenters. The molecule has 0 fully saturated rings. The lowest BCUT2D eigenvalue weighted by atomic mass is 9.73. The van der Waals surface area contributed by atoms with Crippen molar-refractivity contribution in [2.24, 2.45) is 5.41 Å². The summed E-state index contributed by atoms with van der Waals surface area (Å²) in [7, 11) is -4.27. The number of rotatable bonds is 11. The Kier molecular flexibility index (Phi) is 8.79. The molecule has 2 aromatic rings. The van der Waals surface area contributed by atoms with Gasteiger partial charge in [0.05, 0.1) is 16.9 Å². The van der Waals surface area contributed by atoms with Crippen molar-refractivity contribution in [1.82, 2.24) is 0 Å². The Morgan fingerprint density at radius 2 is 1.68 bits per heavy atom. The Hall–Kier alpha value is -2.22. The van der Waals surface area contributed by atoms with Gasteiger partial charge in [-0.05, 0) is 61.3 Å². The lowest BCUT2D eigenvalue weighted by molar-refractivity contribution is -0.157. The second-order valence-corrected chi connectivity index (χ2v) is 9.69. The summed E-state index contributed by atoms with van der Waals surface area (Å²) in [6.07, 6.45) is 1.82. The van der Waals surface area contributed by atoms with Crippen molar-refractivity contribution < 1.29 is 27.6 Å². The van der Waals surface area contributed by atoms with Gasteiger partial charge in [0.15, 0.2) is 0 Å². The van der Waals surface area contributed by atoms with E-state index in [4.69, 9.17) is 9.84 Å². The zero-order valence-corrected chi connectivity index (χ0v) is 19.1. The molecule has 0 bridgehead atoms. The van der Waals surface area contributed by atoms with Crippen LogP contribution in [0, 0.1) is 5.41 Å². The summed E-state index contributed by atoms with van der Waals surface area (Å²) in [5.41, 5.74) is 1.32. The predicted molar refractivity (Wildman–Crippen MR) is 120 cm³/mol. The van der Waals surface area contributed by atoms with Gasteiger partial charge in [-0.15, -0.1) is 0 Å². The molecule has 0 aliphatic rings.